The van der Waals surface area contributed by atoms with E-state index >= 15 is 0 Å². The van der Waals surface area contributed by atoms with Crippen LogP contribution in [0.5, 0.6) is 0 Å². The fraction of sp³-hybridized carbons (Fsp3) is 0.769. The number of hydrogen-bond donors (Lipinski definition) is 0. The first-order valence-corrected chi connectivity index (χ1v) is 6.15. The molecule has 0 heterocycles. The van der Waals surface area contributed by atoms with Crippen LogP contribution in [-0.2, 0) is 0 Å². The van der Waals surface area contributed by atoms with Gasteiger partial charge in [-0.25, -0.2) is 0 Å². The van der Waals surface area contributed by atoms with E-state index in [2.05, 4.69) is 38.1 Å². The Morgan fingerprint density at radius 2 is 1.93 bits per heavy atom. The van der Waals surface area contributed by atoms with Crippen molar-refractivity contribution in [3.05, 3.63) is 12.2 Å². The van der Waals surface area contributed by atoms with E-state index in [1.54, 1.807) is 0 Å². The molecule has 1 aliphatic carbocycles. The fourth-order valence-corrected chi connectivity index (χ4v) is 1.93. The molecular formula is C13H24N2. The highest BCUT2D eigenvalue weighted by Crippen LogP contribution is 2.20. The summed E-state index contributed by atoms with van der Waals surface area (Å²) >= 11 is 0. The number of likely N-dealkylation sites (N-methyl/N-ethyl adjacent to an activating group) is 1. The normalized spacial score (nSPS) is 19.8. The molecule has 0 saturated heterocycles. The zero-order valence-electron chi connectivity index (χ0n) is 10.4. The van der Waals surface area contributed by atoms with Crippen molar-refractivity contribution in [1.82, 2.24) is 4.90 Å². The minimum atomic E-state index is 0.567. The largest absolute Gasteiger partial charge is 0.363 e. The van der Waals surface area contributed by atoms with Crippen molar-refractivity contribution in [1.29, 1.82) is 0 Å². The van der Waals surface area contributed by atoms with Crippen molar-refractivity contribution in [3.8, 4) is 0 Å². The van der Waals surface area contributed by atoms with Crippen molar-refractivity contribution in [2.24, 2.45) is 4.99 Å². The molecule has 0 unspecified atom stereocenters. The Labute approximate surface area is 94.1 Å². The van der Waals surface area contributed by atoms with Crippen LogP contribution in [0.15, 0.2) is 17.1 Å². The lowest BCUT2D eigenvalue weighted by molar-refractivity contribution is 0.438. The maximum Gasteiger partial charge on any atom is 0.122 e. The molecule has 1 rings (SSSR count). The lowest BCUT2D eigenvalue weighted by Crippen LogP contribution is -2.23. The molecule has 0 bridgehead atoms. The van der Waals surface area contributed by atoms with E-state index in [1.807, 2.05) is 0 Å². The summed E-state index contributed by atoms with van der Waals surface area (Å²) < 4.78 is 0. The lowest BCUT2D eigenvalue weighted by Gasteiger charge is -2.21. The second-order valence-electron chi connectivity index (χ2n) is 4.48. The first-order valence-electron chi connectivity index (χ1n) is 6.15. The van der Waals surface area contributed by atoms with Crippen LogP contribution in [-0.4, -0.2) is 30.9 Å². The summed E-state index contributed by atoms with van der Waals surface area (Å²) in [6, 6.07) is 0.567. The number of aliphatic imine (C=N–C) groups is 1. The molecule has 0 aromatic heterocycles. The highest BCUT2D eigenvalue weighted by molar-refractivity contribution is 5.92. The standard InChI is InChI=1S/C13H24N2/c1-4-5-11-13(15(2)3)14-12-9-7-6-8-10-12/h5,11-12H,4,6-10H2,1-3H3. The molecule has 0 aliphatic heterocycles. The van der Waals surface area contributed by atoms with E-state index in [9.17, 15) is 0 Å². The second kappa shape index (κ2) is 6.65. The van der Waals surface area contributed by atoms with E-state index < -0.39 is 0 Å². The molecule has 2 heteroatoms. The van der Waals surface area contributed by atoms with Crippen molar-refractivity contribution in [3.63, 3.8) is 0 Å². The van der Waals surface area contributed by atoms with Gasteiger partial charge in [0.25, 0.3) is 0 Å². The van der Waals surface area contributed by atoms with Gasteiger partial charge in [-0.15, -0.1) is 0 Å². The Hall–Kier alpha value is -0.790. The topological polar surface area (TPSA) is 15.6 Å². The predicted octanol–water partition coefficient (Wildman–Crippen LogP) is 3.25. The maximum absolute atomic E-state index is 4.83. The summed E-state index contributed by atoms with van der Waals surface area (Å²) in [7, 11) is 4.14. The number of hydrogen-bond acceptors (Lipinski definition) is 1. The Kier molecular flexibility index (Phi) is 5.44. The van der Waals surface area contributed by atoms with Crippen LogP contribution in [0.2, 0.25) is 0 Å². The van der Waals surface area contributed by atoms with E-state index in [0.717, 1.165) is 12.3 Å². The van der Waals surface area contributed by atoms with Crippen molar-refractivity contribution < 1.29 is 0 Å². The summed E-state index contributed by atoms with van der Waals surface area (Å²) in [6.45, 7) is 2.16. The minimum Gasteiger partial charge on any atom is -0.363 e. The van der Waals surface area contributed by atoms with Gasteiger partial charge < -0.3 is 4.90 Å². The molecule has 86 valence electrons. The molecule has 0 spiro atoms. The quantitative estimate of drug-likeness (QED) is 0.513. The molecule has 1 aliphatic rings. The third kappa shape index (κ3) is 4.50. The summed E-state index contributed by atoms with van der Waals surface area (Å²) in [5.41, 5.74) is 0. The fourth-order valence-electron chi connectivity index (χ4n) is 1.93. The number of nitrogens with zero attached hydrogens (tertiary/aromatic N) is 2. The van der Waals surface area contributed by atoms with Gasteiger partial charge in [0.05, 0.1) is 6.04 Å². The third-order valence-electron chi connectivity index (χ3n) is 2.85. The highest BCUT2D eigenvalue weighted by atomic mass is 15.1. The van der Waals surface area contributed by atoms with E-state index in [0.29, 0.717) is 6.04 Å². The Morgan fingerprint density at radius 3 is 2.47 bits per heavy atom. The summed E-state index contributed by atoms with van der Waals surface area (Å²) in [6.07, 6.45) is 12.1. The van der Waals surface area contributed by atoms with Gasteiger partial charge in [-0.3, -0.25) is 4.99 Å². The number of rotatable bonds is 3. The lowest BCUT2D eigenvalue weighted by atomic mass is 9.96. The molecule has 1 saturated carbocycles. The van der Waals surface area contributed by atoms with Crippen LogP contribution in [0.3, 0.4) is 0 Å². The van der Waals surface area contributed by atoms with Crippen LogP contribution in [0, 0.1) is 0 Å². The second-order valence-corrected chi connectivity index (χ2v) is 4.48. The van der Waals surface area contributed by atoms with Gasteiger partial charge in [-0.05, 0) is 25.3 Å². The molecule has 1 fully saturated rings. The van der Waals surface area contributed by atoms with Crippen molar-refractivity contribution in [2.75, 3.05) is 14.1 Å². The molecular weight excluding hydrogens is 184 g/mol. The molecule has 0 N–H and O–H groups in total. The summed E-state index contributed by atoms with van der Waals surface area (Å²) in [5.74, 6) is 1.13. The number of allylic oxidation sites excluding steroid dienone is 1. The Balaban J connectivity index is 2.60. The molecule has 0 aromatic carbocycles. The van der Waals surface area contributed by atoms with Gasteiger partial charge in [0.2, 0.25) is 0 Å². The van der Waals surface area contributed by atoms with Gasteiger partial charge in [0.15, 0.2) is 0 Å². The summed E-state index contributed by atoms with van der Waals surface area (Å²) in [5, 5.41) is 0. The van der Waals surface area contributed by atoms with Crippen LogP contribution in [0.1, 0.15) is 45.4 Å². The van der Waals surface area contributed by atoms with E-state index in [1.165, 1.54) is 32.1 Å². The SMILES string of the molecule is CCC=CC(=NC1CCCCC1)N(C)C. The number of amidine groups is 1. The van der Waals surface area contributed by atoms with Crippen LogP contribution in [0.25, 0.3) is 0 Å². The average Bonchev–Trinajstić information content (AvgIpc) is 2.25. The van der Waals surface area contributed by atoms with Crippen molar-refractivity contribution >= 4 is 5.84 Å². The van der Waals surface area contributed by atoms with E-state index in [4.69, 9.17) is 4.99 Å². The zero-order valence-corrected chi connectivity index (χ0v) is 10.4. The van der Waals surface area contributed by atoms with E-state index in [-0.39, 0.29) is 0 Å². The molecule has 0 amide bonds. The van der Waals surface area contributed by atoms with Crippen LogP contribution in [0.4, 0.5) is 0 Å². The van der Waals surface area contributed by atoms with Gasteiger partial charge in [0, 0.05) is 14.1 Å². The molecule has 0 aromatic rings. The van der Waals surface area contributed by atoms with Gasteiger partial charge in [0.1, 0.15) is 5.84 Å². The summed E-state index contributed by atoms with van der Waals surface area (Å²) in [4.78, 5) is 6.94. The first-order chi connectivity index (χ1) is 7.24. The van der Waals surface area contributed by atoms with Crippen LogP contribution >= 0.6 is 0 Å². The van der Waals surface area contributed by atoms with Gasteiger partial charge >= 0.3 is 0 Å². The maximum atomic E-state index is 4.83. The highest BCUT2D eigenvalue weighted by Gasteiger charge is 2.12. The van der Waals surface area contributed by atoms with Crippen molar-refractivity contribution in [2.45, 2.75) is 51.5 Å². The zero-order chi connectivity index (χ0) is 11.1. The Bertz CT molecular complexity index is 223. The van der Waals surface area contributed by atoms with Gasteiger partial charge in [-0.2, -0.15) is 0 Å². The monoisotopic (exact) mass is 208 g/mol. The molecule has 0 radical (unpaired) electrons. The average molecular weight is 208 g/mol. The predicted molar refractivity (Wildman–Crippen MR) is 67.4 cm³/mol. The first kappa shape index (κ1) is 12.3. The molecule has 15 heavy (non-hydrogen) atoms. The third-order valence-corrected chi connectivity index (χ3v) is 2.85. The van der Waals surface area contributed by atoms with Gasteiger partial charge in [-0.1, -0.05) is 32.3 Å². The smallest absolute Gasteiger partial charge is 0.122 e. The minimum absolute atomic E-state index is 0.567. The van der Waals surface area contributed by atoms with Crippen LogP contribution < -0.4 is 0 Å². The Morgan fingerprint density at radius 1 is 1.27 bits per heavy atom. The molecule has 2 nitrogen and oxygen atoms in total. The molecule has 0 atom stereocenters.